The summed E-state index contributed by atoms with van der Waals surface area (Å²) in [5.41, 5.74) is 15.6. The predicted octanol–water partition coefficient (Wildman–Crippen LogP) is 19.4. The first-order valence-corrected chi connectivity index (χ1v) is 29.2. The molecule has 414 valence electrons. The summed E-state index contributed by atoms with van der Waals surface area (Å²) >= 11 is 0. The molecular weight excluding hydrogens is 997 g/mol. The van der Waals surface area contributed by atoms with Crippen molar-refractivity contribution < 1.29 is 9.30 Å². The summed E-state index contributed by atoms with van der Waals surface area (Å²) < 4.78 is 14.4. The predicted molar refractivity (Wildman–Crippen MR) is 342 cm³/mol. The molecule has 5 nitrogen and oxygen atoms in total. The highest BCUT2D eigenvalue weighted by Gasteiger charge is 2.41. The summed E-state index contributed by atoms with van der Waals surface area (Å²) in [6.07, 6.45) is 6.11. The summed E-state index contributed by atoms with van der Waals surface area (Å²) in [5.74, 6) is 2.32. The first kappa shape index (κ1) is 55.6. The maximum absolute atomic E-state index is 7.30. The van der Waals surface area contributed by atoms with Crippen LogP contribution in [0, 0.1) is 6.33 Å². The van der Waals surface area contributed by atoms with Crippen LogP contribution in [0.15, 0.2) is 212 Å². The first-order chi connectivity index (χ1) is 38.8. The number of fused-ring (bicyclic) bond motifs is 3. The van der Waals surface area contributed by atoms with Crippen LogP contribution >= 0.6 is 0 Å². The van der Waals surface area contributed by atoms with Crippen LogP contribution in [-0.4, -0.2) is 14.1 Å². The Morgan fingerprint density at radius 3 is 1.54 bits per heavy atom. The zero-order valence-corrected chi connectivity index (χ0v) is 50.9. The maximum atomic E-state index is 7.30. The lowest BCUT2D eigenvalue weighted by atomic mass is 9.72. The van der Waals surface area contributed by atoms with Crippen molar-refractivity contribution >= 4 is 21.8 Å². The topological polar surface area (TPSA) is 35.9 Å². The number of hydrogen-bond acceptors (Lipinski definition) is 2. The third-order valence-corrected chi connectivity index (χ3v) is 17.2. The lowest BCUT2D eigenvalue weighted by Crippen LogP contribution is -2.43. The molecule has 3 heterocycles. The smallest absolute Gasteiger partial charge is 0.269 e. The fourth-order valence-electron chi connectivity index (χ4n) is 12.0. The number of benzene rings is 8. The minimum atomic E-state index is -0.550. The summed E-state index contributed by atoms with van der Waals surface area (Å²) in [6.45, 7) is 34.8. The number of aromatic nitrogens is 4. The number of nitrogens with zero attached hydrogens (tertiary/aromatic N) is 4. The second-order valence-electron chi connectivity index (χ2n) is 27.3. The zero-order chi connectivity index (χ0) is 58.1. The Morgan fingerprint density at radius 1 is 0.390 bits per heavy atom. The quantitative estimate of drug-likeness (QED) is 0.0903. The van der Waals surface area contributed by atoms with Gasteiger partial charge in [0.05, 0.1) is 33.8 Å². The molecule has 0 atom stereocenters. The molecule has 8 aromatic carbocycles. The Kier molecular flexibility index (Phi) is 14.0. The Balaban J connectivity index is 1.19. The standard InChI is InChI=1S/C77H80N4O/c1-72(2,3)57-36-39-67-66(47-57)65-38-37-63(50-68(65)81(67)69-48-58(40-41-78-69)73(4,5)6)82-64-43-53(52-28-20-16-21-29-52)42-61(49-64)79-51-80(62-45-59(74(7,8)9)44-60(46-62)75(10,11)54-30-22-17-23-31-54)71(77(14,15)56-34-26-19-27-35-56)70(79)76(12,13)55-32-24-18-25-33-55/h16-50H,1-15H3. The van der Waals surface area contributed by atoms with Crippen molar-refractivity contribution in [2.45, 2.75) is 136 Å². The van der Waals surface area contributed by atoms with Gasteiger partial charge < -0.3 is 4.74 Å². The largest absolute Gasteiger partial charge is 0.458 e. The molecule has 0 unspecified atom stereocenters. The lowest BCUT2D eigenvalue weighted by Gasteiger charge is -2.35. The van der Waals surface area contributed by atoms with Gasteiger partial charge in [-0.3, -0.25) is 13.7 Å². The highest BCUT2D eigenvalue weighted by molar-refractivity contribution is 6.09. The highest BCUT2D eigenvalue weighted by Crippen LogP contribution is 2.45. The summed E-state index contributed by atoms with van der Waals surface area (Å²) in [6, 6.07) is 75.3. The molecule has 0 N–H and O–H groups in total. The molecule has 0 spiro atoms. The Hall–Kier alpha value is -8.28. The van der Waals surface area contributed by atoms with E-state index in [-0.39, 0.29) is 21.7 Å². The minimum absolute atomic E-state index is 0.0269. The van der Waals surface area contributed by atoms with Crippen LogP contribution in [0.4, 0.5) is 0 Å². The SMILES string of the molecule is CC(C)(C)c1cc(-[n+]2[c-]n(-c3cc(Oc4ccc5c6cc(C(C)(C)C)ccc6n(-c6cc(C(C)(C)C)ccn6)c5c4)cc(-c4ccccc4)c3)c(C(C)(C)c3ccccc3)c2C(C)(C)c2ccccc2)cc(C(C)(C)c2ccccc2)c1. The average Bonchev–Trinajstić information content (AvgIpc) is 2.26. The van der Waals surface area contributed by atoms with Crippen LogP contribution in [0.2, 0.25) is 0 Å². The van der Waals surface area contributed by atoms with Gasteiger partial charge in [-0.15, -0.1) is 0 Å². The Morgan fingerprint density at radius 2 is 0.939 bits per heavy atom. The Bertz CT molecular complexity index is 4120. The monoisotopic (exact) mass is 1080 g/mol. The summed E-state index contributed by atoms with van der Waals surface area (Å²) in [5, 5.41) is 2.34. The molecule has 11 rings (SSSR count). The molecule has 0 aliphatic carbocycles. The normalized spacial score (nSPS) is 12.8. The van der Waals surface area contributed by atoms with Crippen molar-refractivity contribution in [3.8, 4) is 39.8 Å². The van der Waals surface area contributed by atoms with Crippen molar-refractivity contribution in [3.63, 3.8) is 0 Å². The van der Waals surface area contributed by atoms with Gasteiger partial charge in [0.15, 0.2) is 0 Å². The Labute approximate surface area is 488 Å². The van der Waals surface area contributed by atoms with Crippen LogP contribution in [-0.2, 0) is 32.5 Å². The fourth-order valence-corrected chi connectivity index (χ4v) is 12.0. The molecule has 0 aliphatic rings. The molecule has 0 saturated heterocycles. The van der Waals surface area contributed by atoms with E-state index >= 15 is 0 Å². The van der Waals surface area contributed by atoms with Gasteiger partial charge >= 0.3 is 0 Å². The van der Waals surface area contributed by atoms with Gasteiger partial charge in [-0.25, -0.2) is 4.98 Å². The fraction of sp³-hybridized carbons (Fsp3) is 0.273. The molecule has 82 heavy (non-hydrogen) atoms. The van der Waals surface area contributed by atoms with Crippen molar-refractivity contribution in [1.29, 1.82) is 0 Å². The molecule has 3 aromatic heterocycles. The van der Waals surface area contributed by atoms with E-state index in [0.717, 1.165) is 61.9 Å². The first-order valence-electron chi connectivity index (χ1n) is 29.2. The third-order valence-electron chi connectivity index (χ3n) is 17.2. The van der Waals surface area contributed by atoms with Crippen molar-refractivity contribution in [3.05, 3.63) is 269 Å². The minimum Gasteiger partial charge on any atom is -0.458 e. The van der Waals surface area contributed by atoms with E-state index in [1.807, 2.05) is 6.20 Å². The molecule has 0 aliphatic heterocycles. The van der Waals surface area contributed by atoms with Gasteiger partial charge in [0.1, 0.15) is 17.3 Å². The summed E-state index contributed by atoms with van der Waals surface area (Å²) in [7, 11) is 0. The number of ether oxygens (including phenoxy) is 1. The molecule has 0 saturated carbocycles. The molecule has 5 heteroatoms. The second kappa shape index (κ2) is 20.6. The van der Waals surface area contributed by atoms with Crippen LogP contribution in [0.25, 0.3) is 50.1 Å². The van der Waals surface area contributed by atoms with Gasteiger partial charge in [0.2, 0.25) is 0 Å². The van der Waals surface area contributed by atoms with E-state index in [0.29, 0.717) is 5.75 Å². The van der Waals surface area contributed by atoms with Crippen molar-refractivity contribution in [1.82, 2.24) is 14.1 Å². The number of rotatable bonds is 12. The van der Waals surface area contributed by atoms with Gasteiger partial charge in [0, 0.05) is 39.3 Å². The van der Waals surface area contributed by atoms with Gasteiger partial charge in [0.25, 0.3) is 6.33 Å². The van der Waals surface area contributed by atoms with E-state index in [4.69, 9.17) is 9.72 Å². The van der Waals surface area contributed by atoms with Crippen molar-refractivity contribution in [2.75, 3.05) is 0 Å². The lowest BCUT2D eigenvalue weighted by molar-refractivity contribution is -0.611. The maximum Gasteiger partial charge on any atom is 0.269 e. The van der Waals surface area contributed by atoms with E-state index < -0.39 is 10.8 Å². The van der Waals surface area contributed by atoms with E-state index in [2.05, 4.69) is 330 Å². The number of pyridine rings is 1. The molecule has 0 amide bonds. The molecule has 11 aromatic rings. The number of hydrogen-bond donors (Lipinski definition) is 0. The van der Waals surface area contributed by atoms with Gasteiger partial charge in [-0.05, 0) is 133 Å². The average molecular weight is 1080 g/mol. The third kappa shape index (κ3) is 10.4. The van der Waals surface area contributed by atoms with Gasteiger partial charge in [-0.1, -0.05) is 237 Å². The van der Waals surface area contributed by atoms with Crippen LogP contribution < -0.4 is 9.30 Å². The van der Waals surface area contributed by atoms with Crippen LogP contribution in [0.3, 0.4) is 0 Å². The second-order valence-corrected chi connectivity index (χ2v) is 27.3. The highest BCUT2D eigenvalue weighted by atomic mass is 16.5. The van der Waals surface area contributed by atoms with E-state index in [9.17, 15) is 0 Å². The van der Waals surface area contributed by atoms with Crippen LogP contribution in [0.5, 0.6) is 11.5 Å². The summed E-state index contributed by atoms with van der Waals surface area (Å²) in [4.78, 5) is 5.05. The molecular formula is C77H80N4O. The van der Waals surface area contributed by atoms with Crippen molar-refractivity contribution in [2.24, 2.45) is 0 Å². The molecule has 0 bridgehead atoms. The molecule has 0 radical (unpaired) electrons. The van der Waals surface area contributed by atoms with E-state index in [1.54, 1.807) is 0 Å². The molecule has 0 fully saturated rings. The van der Waals surface area contributed by atoms with Crippen LogP contribution in [0.1, 0.15) is 154 Å². The van der Waals surface area contributed by atoms with E-state index in [1.165, 1.54) is 44.3 Å². The zero-order valence-electron chi connectivity index (χ0n) is 50.9. The van der Waals surface area contributed by atoms with Gasteiger partial charge in [-0.2, -0.15) is 0 Å². The number of imidazole rings is 1.